The van der Waals surface area contributed by atoms with Crippen LogP contribution in [0.25, 0.3) is 0 Å². The third-order valence-corrected chi connectivity index (χ3v) is 5.42. The summed E-state index contributed by atoms with van der Waals surface area (Å²) in [4.78, 5) is 2.79. The van der Waals surface area contributed by atoms with Crippen molar-refractivity contribution >= 4 is 10.0 Å². The fraction of sp³-hybridized carbons (Fsp3) is 0.625. The lowest BCUT2D eigenvalue weighted by Gasteiger charge is -2.34. The highest BCUT2D eigenvalue weighted by atomic mass is 32.2. The van der Waals surface area contributed by atoms with Crippen molar-refractivity contribution in [3.8, 4) is 0 Å². The fourth-order valence-corrected chi connectivity index (χ4v) is 4.26. The van der Waals surface area contributed by atoms with E-state index in [1.807, 2.05) is 6.07 Å². The Morgan fingerprint density at radius 2 is 1.76 bits per heavy atom. The minimum absolute atomic E-state index is 0.338. The maximum Gasteiger partial charge on any atom is 0.240 e. The van der Waals surface area contributed by atoms with Gasteiger partial charge >= 0.3 is 0 Å². The van der Waals surface area contributed by atoms with Crippen LogP contribution in [0.5, 0.6) is 0 Å². The molecule has 0 aromatic heterocycles. The summed E-state index contributed by atoms with van der Waals surface area (Å²) in [6.07, 6.45) is 2.16. The van der Waals surface area contributed by atoms with Gasteiger partial charge in [-0.3, -0.25) is 0 Å². The largest absolute Gasteiger partial charge is 0.303 e. The Balaban J connectivity index is 1.75. The first-order valence-corrected chi connectivity index (χ1v) is 9.23. The van der Waals surface area contributed by atoms with Crippen molar-refractivity contribution in [2.24, 2.45) is 11.8 Å². The number of rotatable bonds is 6. The highest BCUT2D eigenvalue weighted by molar-refractivity contribution is 7.89. The first-order chi connectivity index (χ1) is 9.97. The van der Waals surface area contributed by atoms with E-state index in [0.29, 0.717) is 11.4 Å². The van der Waals surface area contributed by atoms with Gasteiger partial charge in [-0.2, -0.15) is 0 Å². The second kappa shape index (κ2) is 7.38. The van der Waals surface area contributed by atoms with Crippen LogP contribution in [0.2, 0.25) is 0 Å². The van der Waals surface area contributed by atoms with Gasteiger partial charge in [-0.25, -0.2) is 13.1 Å². The summed E-state index contributed by atoms with van der Waals surface area (Å²) >= 11 is 0. The van der Waals surface area contributed by atoms with Crippen molar-refractivity contribution in [2.75, 3.05) is 26.2 Å². The maximum absolute atomic E-state index is 12.1. The van der Waals surface area contributed by atoms with Gasteiger partial charge < -0.3 is 4.90 Å². The van der Waals surface area contributed by atoms with Gasteiger partial charge in [-0.15, -0.1) is 0 Å². The second-order valence-corrected chi connectivity index (χ2v) is 8.04. The van der Waals surface area contributed by atoms with Gasteiger partial charge in [-0.05, 0) is 43.4 Å². The van der Waals surface area contributed by atoms with Crippen molar-refractivity contribution in [1.29, 1.82) is 0 Å². The molecule has 0 radical (unpaired) electrons. The first kappa shape index (κ1) is 16.5. The SMILES string of the molecule is C[C@@H]1C[C@@H](C)CN(CCCNS(=O)(=O)c2ccccc2)C1. The van der Waals surface area contributed by atoms with Crippen LogP contribution in [0.4, 0.5) is 0 Å². The van der Waals surface area contributed by atoms with Crippen molar-refractivity contribution in [3.05, 3.63) is 30.3 Å². The molecular formula is C16H26N2O2S. The Morgan fingerprint density at radius 1 is 1.14 bits per heavy atom. The zero-order valence-electron chi connectivity index (χ0n) is 13.0. The standard InChI is InChI=1S/C16H26N2O2S/c1-14-11-15(2)13-18(12-14)10-6-9-17-21(19,20)16-7-4-3-5-8-16/h3-5,7-8,14-15,17H,6,9-13H2,1-2H3/t14-,15-/m1/s1. The van der Waals surface area contributed by atoms with E-state index in [0.717, 1.165) is 37.9 Å². The smallest absolute Gasteiger partial charge is 0.240 e. The number of piperidine rings is 1. The van der Waals surface area contributed by atoms with Gasteiger partial charge in [0.15, 0.2) is 0 Å². The number of sulfonamides is 1. The normalized spacial score (nSPS) is 24.1. The Morgan fingerprint density at radius 3 is 2.38 bits per heavy atom. The van der Waals surface area contributed by atoms with E-state index in [1.54, 1.807) is 24.3 Å². The molecule has 2 atom stereocenters. The minimum atomic E-state index is -3.35. The molecule has 4 nitrogen and oxygen atoms in total. The van der Waals surface area contributed by atoms with Crippen LogP contribution in [0.15, 0.2) is 35.2 Å². The monoisotopic (exact) mass is 310 g/mol. The number of hydrogen-bond donors (Lipinski definition) is 1. The Bertz CT molecular complexity index is 520. The van der Waals surface area contributed by atoms with Crippen LogP contribution < -0.4 is 4.72 Å². The topological polar surface area (TPSA) is 49.4 Å². The van der Waals surface area contributed by atoms with E-state index >= 15 is 0 Å². The Labute approximate surface area is 128 Å². The molecule has 1 aromatic carbocycles. The molecule has 0 unspecified atom stereocenters. The molecule has 0 saturated carbocycles. The van der Waals surface area contributed by atoms with Crippen LogP contribution >= 0.6 is 0 Å². The van der Waals surface area contributed by atoms with Crippen LogP contribution in [-0.4, -0.2) is 39.5 Å². The van der Waals surface area contributed by atoms with Crippen LogP contribution in [0.1, 0.15) is 26.7 Å². The van der Waals surface area contributed by atoms with Gasteiger partial charge in [0, 0.05) is 19.6 Å². The number of hydrogen-bond acceptors (Lipinski definition) is 3. The van der Waals surface area contributed by atoms with Gasteiger partial charge in [0.05, 0.1) is 4.90 Å². The third kappa shape index (κ3) is 5.09. The summed E-state index contributed by atoms with van der Waals surface area (Å²) in [6, 6.07) is 8.54. The van der Waals surface area contributed by atoms with Crippen molar-refractivity contribution in [1.82, 2.24) is 9.62 Å². The molecule has 1 saturated heterocycles. The molecule has 1 aliphatic heterocycles. The van der Waals surface area contributed by atoms with E-state index < -0.39 is 10.0 Å². The van der Waals surface area contributed by atoms with E-state index in [4.69, 9.17) is 0 Å². The number of nitrogens with zero attached hydrogens (tertiary/aromatic N) is 1. The van der Waals surface area contributed by atoms with Gasteiger partial charge in [0.25, 0.3) is 0 Å². The molecule has 5 heteroatoms. The summed E-state index contributed by atoms with van der Waals surface area (Å²) in [5, 5.41) is 0. The van der Waals surface area contributed by atoms with Crippen LogP contribution in [-0.2, 0) is 10.0 Å². The molecule has 0 bridgehead atoms. The predicted octanol–water partition coefficient (Wildman–Crippen LogP) is 2.33. The summed E-state index contributed by atoms with van der Waals surface area (Å²) in [7, 11) is -3.35. The number of benzene rings is 1. The molecule has 1 aliphatic rings. The summed E-state index contributed by atoms with van der Waals surface area (Å²) in [5.41, 5.74) is 0. The lowest BCUT2D eigenvalue weighted by Crippen LogP contribution is -2.40. The molecule has 118 valence electrons. The van der Waals surface area contributed by atoms with E-state index in [1.165, 1.54) is 6.42 Å². The molecule has 0 amide bonds. The van der Waals surface area contributed by atoms with Crippen LogP contribution in [0.3, 0.4) is 0 Å². The van der Waals surface area contributed by atoms with Crippen molar-refractivity contribution < 1.29 is 8.42 Å². The average Bonchev–Trinajstić information content (AvgIpc) is 2.44. The zero-order valence-corrected chi connectivity index (χ0v) is 13.8. The molecule has 2 rings (SSSR count). The van der Waals surface area contributed by atoms with Gasteiger partial charge in [-0.1, -0.05) is 32.0 Å². The number of likely N-dealkylation sites (tertiary alicyclic amines) is 1. The minimum Gasteiger partial charge on any atom is -0.303 e. The lowest BCUT2D eigenvalue weighted by molar-refractivity contribution is 0.140. The maximum atomic E-state index is 12.1. The molecule has 1 aromatic rings. The lowest BCUT2D eigenvalue weighted by atomic mass is 9.92. The van der Waals surface area contributed by atoms with Gasteiger partial charge in [0.2, 0.25) is 10.0 Å². The molecule has 1 heterocycles. The predicted molar refractivity (Wildman–Crippen MR) is 85.6 cm³/mol. The average molecular weight is 310 g/mol. The van der Waals surface area contributed by atoms with Crippen molar-refractivity contribution in [3.63, 3.8) is 0 Å². The first-order valence-electron chi connectivity index (χ1n) is 7.74. The summed E-state index contributed by atoms with van der Waals surface area (Å²) in [6.45, 7) is 8.32. The Kier molecular flexibility index (Phi) is 5.79. The van der Waals surface area contributed by atoms with E-state index in [2.05, 4.69) is 23.5 Å². The second-order valence-electron chi connectivity index (χ2n) is 6.27. The molecule has 1 fully saturated rings. The summed E-state index contributed by atoms with van der Waals surface area (Å²) < 4.78 is 26.8. The Hall–Kier alpha value is -0.910. The molecule has 0 spiro atoms. The zero-order chi connectivity index (χ0) is 15.3. The van der Waals surface area contributed by atoms with E-state index in [-0.39, 0.29) is 0 Å². The van der Waals surface area contributed by atoms with Crippen LogP contribution in [0, 0.1) is 11.8 Å². The molecule has 0 aliphatic carbocycles. The summed E-state index contributed by atoms with van der Waals surface area (Å²) in [5.74, 6) is 1.49. The molecule has 1 N–H and O–H groups in total. The highest BCUT2D eigenvalue weighted by Gasteiger charge is 2.21. The quantitative estimate of drug-likeness (QED) is 0.821. The third-order valence-electron chi connectivity index (χ3n) is 3.94. The van der Waals surface area contributed by atoms with Gasteiger partial charge in [0.1, 0.15) is 0 Å². The molecular weight excluding hydrogens is 284 g/mol. The highest BCUT2D eigenvalue weighted by Crippen LogP contribution is 2.20. The molecule has 21 heavy (non-hydrogen) atoms. The van der Waals surface area contributed by atoms with E-state index in [9.17, 15) is 8.42 Å². The fourth-order valence-electron chi connectivity index (χ4n) is 3.17. The van der Waals surface area contributed by atoms with Crippen molar-refractivity contribution in [2.45, 2.75) is 31.6 Å². The number of nitrogens with one attached hydrogen (secondary N) is 1.